The number of hydrogen-bond donors (Lipinski definition) is 1. The fourth-order valence-electron chi connectivity index (χ4n) is 6.38. The molecule has 2 bridgehead atoms. The van der Waals surface area contributed by atoms with Gasteiger partial charge < -0.3 is 14.9 Å². The summed E-state index contributed by atoms with van der Waals surface area (Å²) < 4.78 is 11.8. The number of nitrogen functional groups attached to an aromatic ring is 1. The lowest BCUT2D eigenvalue weighted by atomic mass is 9.64. The highest BCUT2D eigenvalue weighted by atomic mass is 16.5. The van der Waals surface area contributed by atoms with Crippen molar-refractivity contribution in [2.75, 3.05) is 5.73 Å². The van der Waals surface area contributed by atoms with E-state index in [2.05, 4.69) is 70.6 Å². The van der Waals surface area contributed by atoms with E-state index in [0.717, 1.165) is 29.3 Å². The highest BCUT2D eigenvalue weighted by molar-refractivity contribution is 5.56. The Labute approximate surface area is 205 Å². The predicted octanol–water partition coefficient (Wildman–Crippen LogP) is 6.35. The van der Waals surface area contributed by atoms with E-state index in [1.54, 1.807) is 0 Å². The third-order valence-corrected chi connectivity index (χ3v) is 7.97. The van der Waals surface area contributed by atoms with Gasteiger partial charge in [0.25, 0.3) is 0 Å². The second-order valence-electron chi connectivity index (χ2n) is 9.87. The average molecular weight is 467 g/mol. The number of anilines is 1. The fraction of sp³-hybridized carbons (Fsp3) is 0.345. The molecule has 0 amide bonds. The molecule has 1 unspecified atom stereocenters. The molecule has 2 aliphatic rings. The highest BCUT2D eigenvalue weighted by Gasteiger charge is 2.52. The van der Waals surface area contributed by atoms with E-state index in [0.29, 0.717) is 11.8 Å². The van der Waals surface area contributed by atoms with Crippen LogP contribution in [0.4, 0.5) is 6.01 Å². The number of aromatic nitrogens is 3. The van der Waals surface area contributed by atoms with Crippen LogP contribution in [0.2, 0.25) is 0 Å². The maximum atomic E-state index is 6.34. The van der Waals surface area contributed by atoms with Crippen molar-refractivity contribution in [3.63, 3.8) is 0 Å². The Morgan fingerprint density at radius 3 is 2.34 bits per heavy atom. The second kappa shape index (κ2) is 8.84. The van der Waals surface area contributed by atoms with E-state index in [1.807, 2.05) is 24.4 Å². The normalized spacial score (nSPS) is 23.9. The third-order valence-electron chi connectivity index (χ3n) is 7.97. The summed E-state index contributed by atoms with van der Waals surface area (Å²) in [7, 11) is 0. The molecule has 0 spiro atoms. The molecule has 0 radical (unpaired) electrons. The van der Waals surface area contributed by atoms with Crippen LogP contribution in [0.15, 0.2) is 77.3 Å². The van der Waals surface area contributed by atoms with Crippen LogP contribution < -0.4 is 10.5 Å². The zero-order valence-electron chi connectivity index (χ0n) is 19.9. The van der Waals surface area contributed by atoms with Crippen LogP contribution in [0.5, 0.6) is 5.75 Å². The molecule has 6 rings (SSSR count). The van der Waals surface area contributed by atoms with Crippen molar-refractivity contribution in [2.45, 2.75) is 50.5 Å². The lowest BCUT2D eigenvalue weighted by Crippen LogP contribution is -2.34. The van der Waals surface area contributed by atoms with Crippen LogP contribution in [0.25, 0.3) is 11.5 Å². The van der Waals surface area contributed by atoms with Crippen LogP contribution in [-0.2, 0) is 5.41 Å². The fourth-order valence-corrected chi connectivity index (χ4v) is 6.38. The van der Waals surface area contributed by atoms with Crippen LogP contribution in [0.3, 0.4) is 0 Å². The maximum absolute atomic E-state index is 6.34. The van der Waals surface area contributed by atoms with Crippen LogP contribution in [0, 0.1) is 11.8 Å². The molecule has 0 saturated heterocycles. The Morgan fingerprint density at radius 1 is 1.00 bits per heavy atom. The van der Waals surface area contributed by atoms with Gasteiger partial charge in [0.1, 0.15) is 11.9 Å². The van der Waals surface area contributed by atoms with Gasteiger partial charge in [0.05, 0.1) is 5.69 Å². The van der Waals surface area contributed by atoms with Gasteiger partial charge in [0.15, 0.2) is 0 Å². The van der Waals surface area contributed by atoms with E-state index in [9.17, 15) is 0 Å². The number of rotatable bonds is 7. The highest BCUT2D eigenvalue weighted by Crippen LogP contribution is 2.60. The summed E-state index contributed by atoms with van der Waals surface area (Å²) in [4.78, 5) is 4.49. The maximum Gasteiger partial charge on any atom is 0.313 e. The van der Waals surface area contributed by atoms with Crippen molar-refractivity contribution in [1.82, 2.24) is 15.2 Å². The molecule has 6 heteroatoms. The summed E-state index contributed by atoms with van der Waals surface area (Å²) in [5, 5.41) is 7.81. The van der Waals surface area contributed by atoms with Gasteiger partial charge in [-0.15, -0.1) is 5.10 Å². The van der Waals surface area contributed by atoms with Crippen molar-refractivity contribution in [1.29, 1.82) is 0 Å². The molecule has 35 heavy (non-hydrogen) atoms. The standard InChI is InChI=1S/C29H30N4O2/c1-2-26(25-5-3-4-16-31-25)34-24-14-12-22(13-15-24)29(18-19-6-9-23(29)17-19)21-10-7-20(8-11-21)27-32-33-28(30)35-27/h3-5,7-8,10-16,19,23,26H,2,6,9,17-18H2,1H3,(H2,30,33)/t19-,23+,26?,29-/m1/s1. The van der Waals surface area contributed by atoms with Crippen LogP contribution in [-0.4, -0.2) is 15.2 Å². The molecule has 0 aliphatic heterocycles. The van der Waals surface area contributed by atoms with Crippen molar-refractivity contribution in [3.05, 3.63) is 89.7 Å². The van der Waals surface area contributed by atoms with Gasteiger partial charge in [0, 0.05) is 17.2 Å². The summed E-state index contributed by atoms with van der Waals surface area (Å²) in [5.74, 6) is 2.78. The minimum Gasteiger partial charge on any atom is -0.484 e. The summed E-state index contributed by atoms with van der Waals surface area (Å²) in [6, 6.07) is 23.5. The number of pyridine rings is 1. The lowest BCUT2D eigenvalue weighted by Gasteiger charge is -2.39. The topological polar surface area (TPSA) is 87.1 Å². The molecule has 2 aromatic carbocycles. The van der Waals surface area contributed by atoms with Crippen molar-refractivity contribution >= 4 is 6.01 Å². The molecule has 4 aromatic rings. The van der Waals surface area contributed by atoms with Gasteiger partial charge in [-0.3, -0.25) is 4.98 Å². The SMILES string of the molecule is CCC(Oc1ccc([C@]2(c3ccc(-c4nnc(N)o4)cc3)C[C@@H]3CC[C@H]2C3)cc1)c1ccccn1. The minimum atomic E-state index is -0.0511. The van der Waals surface area contributed by atoms with E-state index in [-0.39, 0.29) is 17.5 Å². The number of hydrogen-bond acceptors (Lipinski definition) is 6. The van der Waals surface area contributed by atoms with E-state index in [4.69, 9.17) is 14.9 Å². The van der Waals surface area contributed by atoms with Crippen molar-refractivity contribution in [3.8, 4) is 17.2 Å². The lowest BCUT2D eigenvalue weighted by molar-refractivity contribution is 0.196. The Kier molecular flexibility index (Phi) is 5.51. The molecule has 2 N–H and O–H groups in total. The summed E-state index contributed by atoms with van der Waals surface area (Å²) >= 11 is 0. The first kappa shape index (κ1) is 21.8. The first-order valence-electron chi connectivity index (χ1n) is 12.5. The molecule has 2 heterocycles. The third kappa shape index (κ3) is 3.87. The van der Waals surface area contributed by atoms with E-state index >= 15 is 0 Å². The number of fused-ring (bicyclic) bond motifs is 2. The molecule has 4 atom stereocenters. The predicted molar refractivity (Wildman–Crippen MR) is 135 cm³/mol. The zero-order chi connectivity index (χ0) is 23.8. The Balaban J connectivity index is 1.30. The number of nitrogens with zero attached hydrogens (tertiary/aromatic N) is 3. The Bertz CT molecular complexity index is 1290. The largest absolute Gasteiger partial charge is 0.484 e. The van der Waals surface area contributed by atoms with Crippen molar-refractivity contribution in [2.24, 2.45) is 11.8 Å². The first-order valence-corrected chi connectivity index (χ1v) is 12.5. The molecule has 2 aromatic heterocycles. The summed E-state index contributed by atoms with van der Waals surface area (Å²) in [6.07, 6.45) is 7.75. The number of benzene rings is 2. The van der Waals surface area contributed by atoms with Crippen LogP contribution in [0.1, 0.15) is 62.0 Å². The monoisotopic (exact) mass is 466 g/mol. The van der Waals surface area contributed by atoms with Gasteiger partial charge in [-0.25, -0.2) is 0 Å². The van der Waals surface area contributed by atoms with Crippen LogP contribution >= 0.6 is 0 Å². The number of ether oxygens (including phenoxy) is 1. The molecule has 2 saturated carbocycles. The minimum absolute atomic E-state index is 0.0268. The van der Waals surface area contributed by atoms with Crippen molar-refractivity contribution < 1.29 is 9.15 Å². The summed E-state index contributed by atoms with van der Waals surface area (Å²) in [5.41, 5.74) is 10.2. The van der Waals surface area contributed by atoms with Gasteiger partial charge in [0.2, 0.25) is 5.89 Å². The van der Waals surface area contributed by atoms with Gasteiger partial charge in [-0.1, -0.05) is 48.8 Å². The Hall–Kier alpha value is -3.67. The molecule has 2 fully saturated rings. The average Bonchev–Trinajstić information content (AvgIpc) is 3.65. The van der Waals surface area contributed by atoms with Gasteiger partial charge in [-0.05, 0) is 85.0 Å². The van der Waals surface area contributed by atoms with E-state index < -0.39 is 0 Å². The van der Waals surface area contributed by atoms with E-state index in [1.165, 1.54) is 36.8 Å². The quantitative estimate of drug-likeness (QED) is 0.341. The van der Waals surface area contributed by atoms with Gasteiger partial charge in [-0.2, -0.15) is 0 Å². The molecular formula is C29H30N4O2. The summed E-state index contributed by atoms with van der Waals surface area (Å²) in [6.45, 7) is 2.13. The second-order valence-corrected chi connectivity index (χ2v) is 9.87. The molecule has 6 nitrogen and oxygen atoms in total. The Morgan fingerprint density at radius 2 is 1.77 bits per heavy atom. The zero-order valence-corrected chi connectivity index (χ0v) is 19.9. The number of nitrogens with two attached hydrogens (primary N) is 1. The molecule has 178 valence electrons. The first-order chi connectivity index (χ1) is 17.2. The van der Waals surface area contributed by atoms with Gasteiger partial charge >= 0.3 is 6.01 Å². The smallest absolute Gasteiger partial charge is 0.313 e. The molecular weight excluding hydrogens is 436 g/mol. The molecule has 2 aliphatic carbocycles.